The Labute approximate surface area is 134 Å². The number of rotatable bonds is 3. The van der Waals surface area contributed by atoms with Crippen LogP contribution in [0, 0.1) is 18.3 Å². The van der Waals surface area contributed by atoms with Crippen LogP contribution < -0.4 is 4.74 Å². The van der Waals surface area contributed by atoms with Gasteiger partial charge in [-0.15, -0.1) is 11.3 Å². The lowest BCUT2D eigenvalue weighted by Crippen LogP contribution is -1.82. The third-order valence-corrected chi connectivity index (χ3v) is 4.90. The SMILES string of the molecule is COc1ccc(-c2sc(-c3ccc(C#N)cc3)cc2C)cc1. The smallest absolute Gasteiger partial charge is 0.118 e. The first-order valence-corrected chi connectivity index (χ1v) is 7.78. The van der Waals surface area contributed by atoms with Crippen molar-refractivity contribution >= 4 is 11.3 Å². The first-order valence-electron chi connectivity index (χ1n) is 6.96. The summed E-state index contributed by atoms with van der Waals surface area (Å²) < 4.78 is 5.21. The molecule has 0 fully saturated rings. The Balaban J connectivity index is 1.97. The van der Waals surface area contributed by atoms with Crippen molar-refractivity contribution in [3.05, 3.63) is 65.7 Å². The largest absolute Gasteiger partial charge is 0.497 e. The van der Waals surface area contributed by atoms with E-state index in [1.807, 2.05) is 36.4 Å². The topological polar surface area (TPSA) is 33.0 Å². The summed E-state index contributed by atoms with van der Waals surface area (Å²) in [6.07, 6.45) is 0. The van der Waals surface area contributed by atoms with Crippen LogP contribution in [0.5, 0.6) is 5.75 Å². The summed E-state index contributed by atoms with van der Waals surface area (Å²) in [7, 11) is 1.68. The summed E-state index contributed by atoms with van der Waals surface area (Å²) in [5, 5.41) is 8.88. The molecule has 0 saturated heterocycles. The summed E-state index contributed by atoms with van der Waals surface area (Å²) in [5.41, 5.74) is 4.29. The minimum atomic E-state index is 0.687. The Morgan fingerprint density at radius 1 is 0.955 bits per heavy atom. The normalized spacial score (nSPS) is 10.2. The highest BCUT2D eigenvalue weighted by molar-refractivity contribution is 7.19. The van der Waals surface area contributed by atoms with Crippen LogP contribution >= 0.6 is 11.3 Å². The lowest BCUT2D eigenvalue weighted by atomic mass is 10.1. The quantitative estimate of drug-likeness (QED) is 0.660. The van der Waals surface area contributed by atoms with Crippen molar-refractivity contribution in [1.82, 2.24) is 0 Å². The first-order chi connectivity index (χ1) is 10.7. The van der Waals surface area contributed by atoms with E-state index in [0.29, 0.717) is 5.56 Å². The van der Waals surface area contributed by atoms with Crippen molar-refractivity contribution < 1.29 is 4.74 Å². The Kier molecular flexibility index (Phi) is 3.95. The molecule has 0 amide bonds. The van der Waals surface area contributed by atoms with E-state index in [-0.39, 0.29) is 0 Å². The van der Waals surface area contributed by atoms with Gasteiger partial charge in [0.05, 0.1) is 18.7 Å². The molecule has 0 spiro atoms. The molecule has 0 N–H and O–H groups in total. The molecule has 1 heterocycles. The van der Waals surface area contributed by atoms with Gasteiger partial charge in [0.25, 0.3) is 0 Å². The van der Waals surface area contributed by atoms with E-state index in [1.165, 1.54) is 20.9 Å². The van der Waals surface area contributed by atoms with Gasteiger partial charge in [-0.1, -0.05) is 12.1 Å². The summed E-state index contributed by atoms with van der Waals surface area (Å²) >= 11 is 1.77. The molecule has 0 saturated carbocycles. The molecular weight excluding hydrogens is 290 g/mol. The molecule has 0 atom stereocenters. The summed E-state index contributed by atoms with van der Waals surface area (Å²) in [4.78, 5) is 2.48. The summed E-state index contributed by atoms with van der Waals surface area (Å²) in [5.74, 6) is 0.866. The van der Waals surface area contributed by atoms with Crippen molar-refractivity contribution in [2.75, 3.05) is 7.11 Å². The fraction of sp³-hybridized carbons (Fsp3) is 0.105. The fourth-order valence-corrected chi connectivity index (χ4v) is 3.55. The van der Waals surface area contributed by atoms with Gasteiger partial charge in [-0.05, 0) is 66.1 Å². The molecule has 2 nitrogen and oxygen atoms in total. The maximum atomic E-state index is 8.88. The first kappa shape index (κ1) is 14.4. The van der Waals surface area contributed by atoms with Crippen LogP contribution in [0.25, 0.3) is 20.9 Å². The van der Waals surface area contributed by atoms with Gasteiger partial charge in [0.2, 0.25) is 0 Å². The molecule has 3 aromatic rings. The molecular formula is C19H15NOS. The van der Waals surface area contributed by atoms with Crippen LogP contribution in [-0.2, 0) is 0 Å². The number of nitriles is 1. The number of thiophene rings is 1. The molecule has 0 bridgehead atoms. The molecule has 3 heteroatoms. The second-order valence-electron chi connectivity index (χ2n) is 5.04. The minimum absolute atomic E-state index is 0.687. The zero-order chi connectivity index (χ0) is 15.5. The van der Waals surface area contributed by atoms with Gasteiger partial charge < -0.3 is 4.74 Å². The minimum Gasteiger partial charge on any atom is -0.497 e. The van der Waals surface area contributed by atoms with Crippen LogP contribution in [0.4, 0.5) is 0 Å². The molecule has 0 aliphatic heterocycles. The number of aryl methyl sites for hydroxylation is 1. The highest BCUT2D eigenvalue weighted by Crippen LogP contribution is 2.38. The van der Waals surface area contributed by atoms with Gasteiger partial charge >= 0.3 is 0 Å². The second-order valence-corrected chi connectivity index (χ2v) is 6.09. The van der Waals surface area contributed by atoms with E-state index in [1.54, 1.807) is 18.4 Å². The fourth-order valence-electron chi connectivity index (χ4n) is 2.36. The van der Waals surface area contributed by atoms with E-state index >= 15 is 0 Å². The highest BCUT2D eigenvalue weighted by atomic mass is 32.1. The zero-order valence-corrected chi connectivity index (χ0v) is 13.3. The summed E-state index contributed by atoms with van der Waals surface area (Å²) in [6, 6.07) is 20.2. The maximum absolute atomic E-state index is 8.88. The molecule has 2 aromatic carbocycles. The average Bonchev–Trinajstić information content (AvgIpc) is 2.97. The van der Waals surface area contributed by atoms with Gasteiger partial charge in [-0.2, -0.15) is 5.26 Å². The standard InChI is InChI=1S/C19H15NOS/c1-13-11-18(15-5-3-14(12-20)4-6-15)22-19(13)16-7-9-17(21-2)10-8-16/h3-11H,1-2H3. The van der Waals surface area contributed by atoms with E-state index < -0.39 is 0 Å². The highest BCUT2D eigenvalue weighted by Gasteiger charge is 2.09. The molecule has 0 unspecified atom stereocenters. The maximum Gasteiger partial charge on any atom is 0.118 e. The number of ether oxygens (including phenoxy) is 1. The number of methoxy groups -OCH3 is 1. The number of benzene rings is 2. The van der Waals surface area contributed by atoms with Crippen molar-refractivity contribution in [1.29, 1.82) is 5.26 Å². The molecule has 0 aliphatic carbocycles. The molecule has 0 radical (unpaired) electrons. The zero-order valence-electron chi connectivity index (χ0n) is 12.5. The lowest BCUT2D eigenvalue weighted by molar-refractivity contribution is 0.415. The predicted molar refractivity (Wildman–Crippen MR) is 91.2 cm³/mol. The predicted octanol–water partition coefficient (Wildman–Crippen LogP) is 5.27. The van der Waals surface area contributed by atoms with Crippen molar-refractivity contribution in [3.63, 3.8) is 0 Å². The summed E-state index contributed by atoms with van der Waals surface area (Å²) in [6.45, 7) is 2.13. The lowest BCUT2D eigenvalue weighted by Gasteiger charge is -2.02. The molecule has 22 heavy (non-hydrogen) atoms. The number of hydrogen-bond acceptors (Lipinski definition) is 3. The van der Waals surface area contributed by atoms with Gasteiger partial charge in [0.1, 0.15) is 5.75 Å². The Bertz CT molecular complexity index is 823. The van der Waals surface area contributed by atoms with Gasteiger partial charge in [-0.3, -0.25) is 0 Å². The molecule has 1 aromatic heterocycles. The molecule has 108 valence electrons. The number of nitrogens with zero attached hydrogens (tertiary/aromatic N) is 1. The third-order valence-electron chi connectivity index (χ3n) is 3.57. The third kappa shape index (κ3) is 2.74. The van der Waals surface area contributed by atoms with Crippen molar-refractivity contribution in [2.45, 2.75) is 6.92 Å². The molecule has 3 rings (SSSR count). The van der Waals surface area contributed by atoms with E-state index in [4.69, 9.17) is 10.00 Å². The van der Waals surface area contributed by atoms with Crippen LogP contribution in [0.2, 0.25) is 0 Å². The van der Waals surface area contributed by atoms with E-state index in [0.717, 1.165) is 11.3 Å². The Morgan fingerprint density at radius 3 is 2.18 bits per heavy atom. The Morgan fingerprint density at radius 2 is 1.59 bits per heavy atom. The number of hydrogen-bond donors (Lipinski definition) is 0. The van der Waals surface area contributed by atoms with Crippen LogP contribution in [-0.4, -0.2) is 7.11 Å². The second kappa shape index (κ2) is 6.05. The van der Waals surface area contributed by atoms with Crippen molar-refractivity contribution in [3.8, 4) is 32.7 Å². The van der Waals surface area contributed by atoms with Crippen molar-refractivity contribution in [2.24, 2.45) is 0 Å². The van der Waals surface area contributed by atoms with Gasteiger partial charge in [0, 0.05) is 9.75 Å². The van der Waals surface area contributed by atoms with E-state index in [9.17, 15) is 0 Å². The van der Waals surface area contributed by atoms with Gasteiger partial charge in [0.15, 0.2) is 0 Å². The van der Waals surface area contributed by atoms with Crippen LogP contribution in [0.15, 0.2) is 54.6 Å². The van der Waals surface area contributed by atoms with E-state index in [2.05, 4.69) is 31.2 Å². The molecule has 0 aliphatic rings. The Hall–Kier alpha value is -2.57. The monoisotopic (exact) mass is 305 g/mol. The van der Waals surface area contributed by atoms with Crippen LogP contribution in [0.1, 0.15) is 11.1 Å². The average molecular weight is 305 g/mol. The van der Waals surface area contributed by atoms with Gasteiger partial charge in [-0.25, -0.2) is 0 Å². The van der Waals surface area contributed by atoms with Crippen LogP contribution in [0.3, 0.4) is 0 Å².